The second kappa shape index (κ2) is 8.59. The van der Waals surface area contributed by atoms with Gasteiger partial charge in [-0.05, 0) is 55.7 Å². The Morgan fingerprint density at radius 2 is 1.97 bits per heavy atom. The highest BCUT2D eigenvalue weighted by Crippen LogP contribution is 2.69. The van der Waals surface area contributed by atoms with Crippen LogP contribution in [0.5, 0.6) is 0 Å². The van der Waals surface area contributed by atoms with E-state index in [0.717, 1.165) is 0 Å². The van der Waals surface area contributed by atoms with Gasteiger partial charge in [-0.3, -0.25) is 4.79 Å². The van der Waals surface area contributed by atoms with Gasteiger partial charge in [-0.15, -0.1) is 0 Å². The van der Waals surface area contributed by atoms with E-state index in [1.165, 1.54) is 12.2 Å². The quantitative estimate of drug-likeness (QED) is 0.446. The summed E-state index contributed by atoms with van der Waals surface area (Å²) >= 11 is 11.6. The minimum absolute atomic E-state index is 0.0724. The Kier molecular flexibility index (Phi) is 6.48. The standard InChI is InChI=1S/C25H31Cl2FO6/c1-5-33-22(32)25(34-21(31)20(26)27)12(2)8-15-14-10-17(28)16-9-13(29)6-7-23(16,3)19(14)18(30)11-24(15,25)4/h6-7,9,12,14-15,17-20,30H,5,8,10-11H2,1-4H3/t12-,14+,15+,17+,18+,19-,23+,24+,25+/m1/s1. The summed E-state index contributed by atoms with van der Waals surface area (Å²) in [7, 11) is 0. The summed E-state index contributed by atoms with van der Waals surface area (Å²) in [5.74, 6) is -3.33. The molecule has 0 aromatic heterocycles. The van der Waals surface area contributed by atoms with Crippen molar-refractivity contribution in [1.82, 2.24) is 0 Å². The van der Waals surface area contributed by atoms with Crippen LogP contribution in [0.4, 0.5) is 4.39 Å². The van der Waals surface area contributed by atoms with E-state index in [9.17, 15) is 19.5 Å². The molecular formula is C25H31Cl2FO6. The number of esters is 2. The number of hydrogen-bond acceptors (Lipinski definition) is 6. The zero-order chi connectivity index (χ0) is 25.2. The third kappa shape index (κ3) is 3.40. The fourth-order valence-electron chi connectivity index (χ4n) is 7.79. The van der Waals surface area contributed by atoms with Crippen molar-refractivity contribution < 1.29 is 33.4 Å². The van der Waals surface area contributed by atoms with Gasteiger partial charge < -0.3 is 14.6 Å². The van der Waals surface area contributed by atoms with Gasteiger partial charge in [-0.2, -0.15) is 0 Å². The van der Waals surface area contributed by atoms with E-state index < -0.39 is 51.4 Å². The van der Waals surface area contributed by atoms with Crippen LogP contribution in [0.15, 0.2) is 23.8 Å². The van der Waals surface area contributed by atoms with Crippen molar-refractivity contribution in [3.05, 3.63) is 23.8 Å². The number of carbonyl (C=O) groups excluding carboxylic acids is 3. The number of ketones is 1. The van der Waals surface area contributed by atoms with Crippen LogP contribution in [0.2, 0.25) is 0 Å². The zero-order valence-electron chi connectivity index (χ0n) is 19.7. The summed E-state index contributed by atoms with van der Waals surface area (Å²) in [6.45, 7) is 7.20. The topological polar surface area (TPSA) is 89.9 Å². The molecule has 3 saturated carbocycles. The third-order valence-corrected chi connectivity index (χ3v) is 9.39. The summed E-state index contributed by atoms with van der Waals surface area (Å²) < 4.78 is 26.8. The second-order valence-corrected chi connectivity index (χ2v) is 11.7. The predicted molar refractivity (Wildman–Crippen MR) is 124 cm³/mol. The fraction of sp³-hybridized carbons (Fsp3) is 0.720. The number of rotatable bonds is 4. The molecule has 4 aliphatic rings. The molecule has 0 heterocycles. The molecule has 0 aliphatic heterocycles. The SMILES string of the molecule is CCOC(=O)[C@@]1(OC(=O)C(Cl)Cl)[C@H](C)C[C@H]2[C@@H]3C[C@H](F)C4=CC(=O)C=C[C@]4(C)[C@H]3[C@@H](O)C[C@@]21C. The van der Waals surface area contributed by atoms with Crippen LogP contribution < -0.4 is 0 Å². The Balaban J connectivity index is 1.82. The number of carbonyl (C=O) groups is 3. The summed E-state index contributed by atoms with van der Waals surface area (Å²) in [5.41, 5.74) is -3.20. The van der Waals surface area contributed by atoms with Crippen LogP contribution in [0.1, 0.15) is 47.0 Å². The molecule has 0 aromatic rings. The lowest BCUT2D eigenvalue weighted by Crippen LogP contribution is -2.65. The van der Waals surface area contributed by atoms with Crippen LogP contribution >= 0.6 is 23.2 Å². The van der Waals surface area contributed by atoms with Gasteiger partial charge in [0.05, 0.1) is 12.7 Å². The maximum absolute atomic E-state index is 15.6. The van der Waals surface area contributed by atoms with Gasteiger partial charge in [0.1, 0.15) is 6.17 Å². The molecule has 4 aliphatic carbocycles. The molecule has 0 amide bonds. The Morgan fingerprint density at radius 3 is 2.59 bits per heavy atom. The van der Waals surface area contributed by atoms with Gasteiger partial charge in [0.15, 0.2) is 5.78 Å². The zero-order valence-corrected chi connectivity index (χ0v) is 21.2. The lowest BCUT2D eigenvalue weighted by atomic mass is 9.46. The van der Waals surface area contributed by atoms with Crippen LogP contribution in [-0.4, -0.2) is 52.1 Å². The largest absolute Gasteiger partial charge is 0.463 e. The Morgan fingerprint density at radius 1 is 1.29 bits per heavy atom. The van der Waals surface area contributed by atoms with E-state index in [2.05, 4.69) is 0 Å². The molecule has 34 heavy (non-hydrogen) atoms. The van der Waals surface area contributed by atoms with Gasteiger partial charge in [-0.25, -0.2) is 14.0 Å². The van der Waals surface area contributed by atoms with E-state index in [1.807, 2.05) is 13.8 Å². The number of aliphatic hydroxyl groups is 1. The highest BCUT2D eigenvalue weighted by atomic mass is 35.5. The van der Waals surface area contributed by atoms with Crippen molar-refractivity contribution in [2.24, 2.45) is 34.5 Å². The highest BCUT2D eigenvalue weighted by Gasteiger charge is 2.74. The predicted octanol–water partition coefficient (Wildman–Crippen LogP) is 4.11. The lowest BCUT2D eigenvalue weighted by Gasteiger charge is -2.60. The lowest BCUT2D eigenvalue weighted by molar-refractivity contribution is -0.218. The molecule has 9 atom stereocenters. The molecular weight excluding hydrogens is 486 g/mol. The number of ether oxygens (including phenoxy) is 2. The normalized spacial score (nSPS) is 45.2. The van der Waals surface area contributed by atoms with E-state index in [-0.39, 0.29) is 43.0 Å². The van der Waals surface area contributed by atoms with Crippen molar-refractivity contribution in [1.29, 1.82) is 0 Å². The average molecular weight is 517 g/mol. The molecule has 188 valence electrons. The first kappa shape index (κ1) is 25.6. The molecule has 0 spiro atoms. The van der Waals surface area contributed by atoms with Gasteiger partial charge in [0, 0.05) is 22.7 Å². The van der Waals surface area contributed by atoms with Crippen LogP contribution in [-0.2, 0) is 23.9 Å². The third-order valence-electron chi connectivity index (χ3n) is 9.04. The molecule has 3 fully saturated rings. The van der Waals surface area contributed by atoms with Gasteiger partial charge >= 0.3 is 11.9 Å². The molecule has 0 bridgehead atoms. The Bertz CT molecular complexity index is 965. The van der Waals surface area contributed by atoms with Crippen LogP contribution in [0, 0.1) is 34.5 Å². The fourth-order valence-corrected chi connectivity index (χ4v) is 7.88. The summed E-state index contributed by atoms with van der Waals surface area (Å²) in [5, 5.41) is 11.5. The maximum Gasteiger partial charge on any atom is 0.351 e. The van der Waals surface area contributed by atoms with Crippen LogP contribution in [0.25, 0.3) is 0 Å². The van der Waals surface area contributed by atoms with Gasteiger partial charge in [0.2, 0.25) is 10.4 Å². The van der Waals surface area contributed by atoms with Crippen molar-refractivity contribution in [2.45, 2.75) is 69.7 Å². The summed E-state index contributed by atoms with van der Waals surface area (Å²) in [6.07, 6.45) is 2.90. The van der Waals surface area contributed by atoms with Crippen molar-refractivity contribution in [3.8, 4) is 0 Å². The van der Waals surface area contributed by atoms with E-state index in [4.69, 9.17) is 32.7 Å². The molecule has 0 aromatic carbocycles. The number of fused-ring (bicyclic) bond motifs is 5. The smallest absolute Gasteiger partial charge is 0.351 e. The minimum atomic E-state index is -1.72. The van der Waals surface area contributed by atoms with Crippen LogP contribution in [0.3, 0.4) is 0 Å². The second-order valence-electron chi connectivity index (χ2n) is 10.6. The van der Waals surface area contributed by atoms with Crippen molar-refractivity contribution in [3.63, 3.8) is 0 Å². The first-order valence-corrected chi connectivity index (χ1v) is 12.7. The number of halogens is 3. The Hall–Kier alpha value is -1.44. The molecule has 0 radical (unpaired) electrons. The van der Waals surface area contributed by atoms with Crippen molar-refractivity contribution >= 4 is 40.9 Å². The maximum atomic E-state index is 15.6. The molecule has 0 saturated heterocycles. The number of hydrogen-bond donors (Lipinski definition) is 1. The molecule has 1 N–H and O–H groups in total. The molecule has 6 nitrogen and oxygen atoms in total. The first-order valence-electron chi connectivity index (χ1n) is 11.8. The number of allylic oxidation sites excluding steroid dienone is 4. The minimum Gasteiger partial charge on any atom is -0.463 e. The van der Waals surface area contributed by atoms with Gasteiger partial charge in [0.25, 0.3) is 0 Å². The van der Waals surface area contributed by atoms with E-state index >= 15 is 4.39 Å². The average Bonchev–Trinajstić information content (AvgIpc) is 2.96. The number of aliphatic hydroxyl groups excluding tert-OH is 1. The summed E-state index contributed by atoms with van der Waals surface area (Å²) in [4.78, 5) is 36.5. The molecule has 9 heteroatoms. The molecule has 0 unspecified atom stereocenters. The van der Waals surface area contributed by atoms with E-state index in [0.29, 0.717) is 12.0 Å². The number of alkyl halides is 3. The monoisotopic (exact) mass is 516 g/mol. The van der Waals surface area contributed by atoms with Gasteiger partial charge in [-0.1, -0.05) is 50.0 Å². The highest BCUT2D eigenvalue weighted by molar-refractivity contribution is 6.53. The first-order chi connectivity index (χ1) is 15.8. The van der Waals surface area contributed by atoms with E-state index in [1.54, 1.807) is 19.9 Å². The molecule has 4 rings (SSSR count). The van der Waals surface area contributed by atoms with Crippen molar-refractivity contribution in [2.75, 3.05) is 6.61 Å². The Labute approximate surface area is 208 Å². The summed E-state index contributed by atoms with van der Waals surface area (Å²) in [6, 6.07) is 0.